The smallest absolute Gasteiger partial charge is 0.270 e. The summed E-state index contributed by atoms with van der Waals surface area (Å²) in [5.41, 5.74) is 2.27. The number of aryl methyl sites for hydroxylation is 1. The molecular weight excluding hydrogens is 274 g/mol. The molecule has 0 unspecified atom stereocenters. The Morgan fingerprint density at radius 2 is 1.85 bits per heavy atom. The van der Waals surface area contributed by atoms with Crippen LogP contribution in [0.15, 0.2) is 29.1 Å². The highest BCUT2D eigenvalue weighted by Crippen LogP contribution is 2.25. The summed E-state index contributed by atoms with van der Waals surface area (Å²) < 4.78 is 0. The maximum atomic E-state index is 11.7. The van der Waals surface area contributed by atoms with E-state index in [2.05, 4.69) is 21.8 Å². The molecule has 2 rings (SSSR count). The molecule has 0 saturated heterocycles. The first kappa shape index (κ1) is 14.8. The minimum absolute atomic E-state index is 0.129. The van der Waals surface area contributed by atoms with Crippen LogP contribution in [0.4, 0.5) is 0 Å². The van der Waals surface area contributed by atoms with Gasteiger partial charge in [0, 0.05) is 11.6 Å². The zero-order chi connectivity index (χ0) is 14.9. The molecule has 2 aromatic rings. The van der Waals surface area contributed by atoms with Gasteiger partial charge in [-0.1, -0.05) is 35.9 Å². The van der Waals surface area contributed by atoms with Crippen LogP contribution in [0.25, 0.3) is 11.3 Å². The number of halogens is 1. The Hall–Kier alpha value is -1.65. The number of rotatable bonds is 3. The van der Waals surface area contributed by atoms with Crippen molar-refractivity contribution in [1.82, 2.24) is 14.9 Å². The number of H-pyrrole nitrogens is 1. The third-order valence-electron chi connectivity index (χ3n) is 3.42. The fraction of sp³-hybridized carbons (Fsp3) is 0.333. The van der Waals surface area contributed by atoms with Gasteiger partial charge in [-0.05, 0) is 33.5 Å². The molecule has 0 aliphatic rings. The average Bonchev–Trinajstić information content (AvgIpc) is 2.42. The minimum atomic E-state index is -0.306. The summed E-state index contributed by atoms with van der Waals surface area (Å²) in [4.78, 5) is 20.7. The molecule has 1 aromatic carbocycles. The highest BCUT2D eigenvalue weighted by atomic mass is 35.5. The van der Waals surface area contributed by atoms with Crippen molar-refractivity contribution in [2.24, 2.45) is 0 Å². The number of aromatic nitrogens is 2. The predicted molar refractivity (Wildman–Crippen MR) is 82.1 cm³/mol. The third-order valence-corrected chi connectivity index (χ3v) is 3.77. The summed E-state index contributed by atoms with van der Waals surface area (Å²) in [6.07, 6.45) is 0. The van der Waals surface area contributed by atoms with E-state index >= 15 is 0 Å². The molecule has 1 aromatic heterocycles. The minimum Gasteiger partial charge on any atom is -0.309 e. The zero-order valence-electron chi connectivity index (χ0n) is 12.1. The van der Waals surface area contributed by atoms with Gasteiger partial charge in [0.15, 0.2) is 0 Å². The van der Waals surface area contributed by atoms with E-state index in [9.17, 15) is 4.79 Å². The van der Waals surface area contributed by atoms with E-state index < -0.39 is 0 Å². The molecule has 0 aliphatic carbocycles. The second kappa shape index (κ2) is 5.77. The third kappa shape index (κ3) is 2.92. The van der Waals surface area contributed by atoms with Crippen LogP contribution in [0, 0.1) is 6.92 Å². The van der Waals surface area contributed by atoms with Gasteiger partial charge in [-0.15, -0.1) is 0 Å². The van der Waals surface area contributed by atoms with E-state index in [0.29, 0.717) is 17.6 Å². The Balaban J connectivity index is 2.43. The van der Waals surface area contributed by atoms with Crippen LogP contribution < -0.4 is 5.56 Å². The molecular formula is C15H18ClN3O. The molecule has 106 valence electrons. The van der Waals surface area contributed by atoms with Crippen LogP contribution in [0.5, 0.6) is 0 Å². The maximum absolute atomic E-state index is 11.7. The fourth-order valence-electron chi connectivity index (χ4n) is 1.98. The number of aromatic amines is 1. The summed E-state index contributed by atoms with van der Waals surface area (Å²) in [6, 6.07) is 8.29. The lowest BCUT2D eigenvalue weighted by atomic mass is 10.0. The molecule has 0 amide bonds. The molecule has 4 nitrogen and oxygen atoms in total. The number of nitrogens with zero attached hydrogens (tertiary/aromatic N) is 2. The van der Waals surface area contributed by atoms with Gasteiger partial charge in [0.1, 0.15) is 10.8 Å². The first-order valence-corrected chi connectivity index (χ1v) is 6.81. The molecule has 0 saturated carbocycles. The highest BCUT2D eigenvalue weighted by Gasteiger charge is 2.12. The lowest BCUT2D eigenvalue weighted by Gasteiger charge is -2.20. The highest BCUT2D eigenvalue weighted by molar-refractivity contribution is 6.32. The van der Waals surface area contributed by atoms with Gasteiger partial charge in [-0.3, -0.25) is 4.79 Å². The summed E-state index contributed by atoms with van der Waals surface area (Å²) >= 11 is 6.04. The number of hydrogen-bond donors (Lipinski definition) is 1. The van der Waals surface area contributed by atoms with Crippen LogP contribution in [-0.4, -0.2) is 29.0 Å². The molecule has 0 fully saturated rings. The largest absolute Gasteiger partial charge is 0.309 e. The molecule has 0 radical (unpaired) electrons. The fourth-order valence-corrected chi connectivity index (χ4v) is 2.18. The van der Waals surface area contributed by atoms with Crippen molar-refractivity contribution in [1.29, 1.82) is 0 Å². The standard InChI is InChI=1S/C15H18ClN3O/c1-9(19(3)4)11-5-7-12(8-6-11)14-13(16)15(20)18-10(2)17-14/h5-9H,1-4H3,(H,17,18,20)/t9-/m1/s1. The molecule has 0 aliphatic heterocycles. The summed E-state index contributed by atoms with van der Waals surface area (Å²) in [5, 5.41) is 0.129. The van der Waals surface area contributed by atoms with Gasteiger partial charge in [0.05, 0.1) is 5.69 Å². The monoisotopic (exact) mass is 291 g/mol. The Morgan fingerprint density at radius 3 is 2.40 bits per heavy atom. The van der Waals surface area contributed by atoms with Gasteiger partial charge in [-0.2, -0.15) is 0 Å². The zero-order valence-corrected chi connectivity index (χ0v) is 12.8. The van der Waals surface area contributed by atoms with Crippen molar-refractivity contribution in [3.05, 3.63) is 51.0 Å². The van der Waals surface area contributed by atoms with Gasteiger partial charge < -0.3 is 9.88 Å². The van der Waals surface area contributed by atoms with E-state index in [1.807, 2.05) is 38.4 Å². The van der Waals surface area contributed by atoms with Gasteiger partial charge in [0.25, 0.3) is 5.56 Å². The van der Waals surface area contributed by atoms with Gasteiger partial charge >= 0.3 is 0 Å². The molecule has 1 atom stereocenters. The van der Waals surface area contributed by atoms with E-state index in [1.165, 1.54) is 5.56 Å². The molecule has 0 bridgehead atoms. The van der Waals surface area contributed by atoms with Gasteiger partial charge in [0.2, 0.25) is 0 Å². The molecule has 20 heavy (non-hydrogen) atoms. The van der Waals surface area contributed by atoms with Gasteiger partial charge in [-0.25, -0.2) is 4.98 Å². The summed E-state index contributed by atoms with van der Waals surface area (Å²) in [6.45, 7) is 3.88. The van der Waals surface area contributed by atoms with Crippen molar-refractivity contribution < 1.29 is 0 Å². The van der Waals surface area contributed by atoms with Crippen LogP contribution >= 0.6 is 11.6 Å². The normalized spacial score (nSPS) is 12.7. The number of benzene rings is 1. The Kier molecular flexibility index (Phi) is 4.26. The predicted octanol–water partition coefficient (Wildman–Crippen LogP) is 3.02. The Labute approximate surface area is 123 Å². The quantitative estimate of drug-likeness (QED) is 0.946. The Morgan fingerprint density at radius 1 is 1.25 bits per heavy atom. The first-order chi connectivity index (χ1) is 9.40. The van der Waals surface area contributed by atoms with E-state index in [0.717, 1.165) is 5.56 Å². The second-order valence-corrected chi connectivity index (χ2v) is 5.45. The van der Waals surface area contributed by atoms with Crippen molar-refractivity contribution in [2.75, 3.05) is 14.1 Å². The maximum Gasteiger partial charge on any atom is 0.270 e. The molecule has 1 heterocycles. The lowest BCUT2D eigenvalue weighted by Crippen LogP contribution is -2.16. The SMILES string of the molecule is Cc1nc(-c2ccc([C@@H](C)N(C)C)cc2)c(Cl)c(=O)[nH]1. The van der Waals surface area contributed by atoms with Crippen molar-refractivity contribution in [3.63, 3.8) is 0 Å². The van der Waals surface area contributed by atoms with Crippen molar-refractivity contribution in [2.45, 2.75) is 19.9 Å². The van der Waals surface area contributed by atoms with Crippen molar-refractivity contribution in [3.8, 4) is 11.3 Å². The molecule has 5 heteroatoms. The lowest BCUT2D eigenvalue weighted by molar-refractivity contribution is 0.321. The summed E-state index contributed by atoms with van der Waals surface area (Å²) in [7, 11) is 4.08. The summed E-state index contributed by atoms with van der Waals surface area (Å²) in [5.74, 6) is 0.556. The topological polar surface area (TPSA) is 49.0 Å². The number of nitrogens with one attached hydrogen (secondary N) is 1. The van der Waals surface area contributed by atoms with Crippen LogP contribution in [0.2, 0.25) is 5.02 Å². The molecule has 1 N–H and O–H groups in total. The Bertz CT molecular complexity index is 662. The van der Waals surface area contributed by atoms with Crippen LogP contribution in [-0.2, 0) is 0 Å². The van der Waals surface area contributed by atoms with Crippen molar-refractivity contribution >= 4 is 11.6 Å². The number of hydrogen-bond acceptors (Lipinski definition) is 3. The average molecular weight is 292 g/mol. The van der Waals surface area contributed by atoms with E-state index in [-0.39, 0.29) is 10.6 Å². The van der Waals surface area contributed by atoms with E-state index in [4.69, 9.17) is 11.6 Å². The van der Waals surface area contributed by atoms with Crippen LogP contribution in [0.1, 0.15) is 24.4 Å². The molecule has 0 spiro atoms. The van der Waals surface area contributed by atoms with Crippen LogP contribution in [0.3, 0.4) is 0 Å². The van der Waals surface area contributed by atoms with E-state index in [1.54, 1.807) is 6.92 Å². The first-order valence-electron chi connectivity index (χ1n) is 6.43. The second-order valence-electron chi connectivity index (χ2n) is 5.08.